The fourth-order valence-electron chi connectivity index (χ4n) is 4.46. The number of hydrogen-bond donors (Lipinski definition) is 0. The van der Waals surface area contributed by atoms with Crippen LogP contribution in [0, 0.1) is 17.3 Å². The first-order valence-electron chi connectivity index (χ1n) is 11.6. The van der Waals surface area contributed by atoms with Gasteiger partial charge in [0, 0.05) is 47.8 Å². The van der Waals surface area contributed by atoms with Crippen molar-refractivity contribution in [1.82, 2.24) is 19.7 Å². The van der Waals surface area contributed by atoms with Crippen LogP contribution in [0.1, 0.15) is 49.6 Å². The van der Waals surface area contributed by atoms with Gasteiger partial charge >= 0.3 is 0 Å². The quantitative estimate of drug-likeness (QED) is 0.252. The Balaban J connectivity index is 1.67. The maximum Gasteiger partial charge on any atom is 0.230 e. The van der Waals surface area contributed by atoms with E-state index in [1.807, 2.05) is 19.1 Å². The Morgan fingerprint density at radius 2 is 1.95 bits per heavy atom. The highest BCUT2D eigenvalue weighted by Gasteiger charge is 2.25. The zero-order chi connectivity index (χ0) is 26.1. The molecule has 37 heavy (non-hydrogen) atoms. The molecule has 0 aliphatic carbocycles. The smallest absolute Gasteiger partial charge is 0.230 e. The zero-order valence-corrected chi connectivity index (χ0v) is 21.6. The van der Waals surface area contributed by atoms with Crippen LogP contribution in [0.2, 0.25) is 10.0 Å². The summed E-state index contributed by atoms with van der Waals surface area (Å²) in [5, 5.41) is 15.6. The number of rotatable bonds is 6. The molecule has 0 amide bonds. The van der Waals surface area contributed by atoms with E-state index in [0.29, 0.717) is 50.4 Å². The number of nitriles is 1. The Labute approximate surface area is 222 Å². The van der Waals surface area contributed by atoms with Gasteiger partial charge in [-0.25, -0.2) is 9.67 Å². The van der Waals surface area contributed by atoms with E-state index in [9.17, 15) is 9.65 Å². The highest BCUT2D eigenvalue weighted by molar-refractivity contribution is 6.35. The number of halogens is 3. The van der Waals surface area contributed by atoms with Crippen molar-refractivity contribution in [3.8, 4) is 28.8 Å². The number of hydrogen-bond acceptors (Lipinski definition) is 7. The molecule has 11 heteroatoms. The number of nitrogens with zero attached hydrogens (tertiary/aromatic N) is 5. The van der Waals surface area contributed by atoms with Crippen molar-refractivity contribution in [1.29, 1.82) is 5.26 Å². The molecule has 3 aromatic heterocycles. The summed E-state index contributed by atoms with van der Waals surface area (Å²) in [6.45, 7) is 2.45. The topological polar surface area (TPSA) is 95.1 Å². The van der Waals surface area contributed by atoms with Crippen LogP contribution in [-0.2, 0) is 4.74 Å². The van der Waals surface area contributed by atoms with Gasteiger partial charge in [0.1, 0.15) is 23.4 Å². The molecule has 0 radical (unpaired) electrons. The average Bonchev–Trinajstić information content (AvgIpc) is 3.27. The Bertz CT molecular complexity index is 1490. The van der Waals surface area contributed by atoms with Crippen molar-refractivity contribution < 1.29 is 18.6 Å². The van der Waals surface area contributed by atoms with Crippen LogP contribution in [0.25, 0.3) is 22.2 Å². The maximum atomic E-state index is 14.0. The standard InChI is InChI=1S/C26H22Cl2FN5O3/c1-14(24-18(27)12-31-13-19(24)28)37-22-8-17-20(9-21(22)35-2)34(23-5-3-4-6-36-23)33-25(17)16-7-15(10-30)26(29)32-11-16/h7-9,11-14,23H,3-6H2,1-2H3/t14-,23?/m1/s1. The van der Waals surface area contributed by atoms with Crippen LogP contribution in [0.15, 0.2) is 36.8 Å². The summed E-state index contributed by atoms with van der Waals surface area (Å²) in [5.41, 5.74) is 2.15. The van der Waals surface area contributed by atoms with Crippen molar-refractivity contribution in [2.75, 3.05) is 13.7 Å². The summed E-state index contributed by atoms with van der Waals surface area (Å²) in [7, 11) is 1.55. The number of pyridine rings is 2. The van der Waals surface area contributed by atoms with Gasteiger partial charge in [-0.05, 0) is 38.3 Å². The minimum Gasteiger partial charge on any atom is -0.493 e. The molecule has 4 heterocycles. The summed E-state index contributed by atoms with van der Waals surface area (Å²) in [4.78, 5) is 7.76. The summed E-state index contributed by atoms with van der Waals surface area (Å²) in [6.07, 6.45) is 6.32. The van der Waals surface area contributed by atoms with Gasteiger partial charge in [0.25, 0.3) is 0 Å². The van der Waals surface area contributed by atoms with Crippen molar-refractivity contribution in [3.05, 3.63) is 63.9 Å². The molecule has 0 bridgehead atoms. The lowest BCUT2D eigenvalue weighted by molar-refractivity contribution is -0.0365. The van der Waals surface area contributed by atoms with E-state index in [-0.39, 0.29) is 11.8 Å². The van der Waals surface area contributed by atoms with E-state index in [4.69, 9.17) is 42.5 Å². The number of aromatic nitrogens is 4. The van der Waals surface area contributed by atoms with Crippen molar-refractivity contribution in [2.24, 2.45) is 0 Å². The Morgan fingerprint density at radius 1 is 1.16 bits per heavy atom. The first-order chi connectivity index (χ1) is 17.9. The van der Waals surface area contributed by atoms with Crippen LogP contribution < -0.4 is 9.47 Å². The SMILES string of the molecule is COc1cc2c(cc1O[C@H](C)c1c(Cl)cncc1Cl)c(-c1cnc(F)c(C#N)c1)nn2C1CCCCO1. The van der Waals surface area contributed by atoms with Crippen LogP contribution in [0.4, 0.5) is 4.39 Å². The zero-order valence-electron chi connectivity index (χ0n) is 20.0. The molecule has 5 rings (SSSR count). The van der Waals surface area contributed by atoms with Crippen molar-refractivity contribution in [3.63, 3.8) is 0 Å². The molecule has 190 valence electrons. The van der Waals surface area contributed by atoms with Gasteiger partial charge < -0.3 is 14.2 Å². The van der Waals surface area contributed by atoms with Gasteiger partial charge in [-0.2, -0.15) is 14.8 Å². The van der Waals surface area contributed by atoms with E-state index in [2.05, 4.69) is 9.97 Å². The summed E-state index contributed by atoms with van der Waals surface area (Å²) >= 11 is 12.7. The van der Waals surface area contributed by atoms with E-state index in [1.54, 1.807) is 17.9 Å². The lowest BCUT2D eigenvalue weighted by Gasteiger charge is -2.24. The third-order valence-corrected chi connectivity index (χ3v) is 6.86. The predicted molar refractivity (Wildman–Crippen MR) is 136 cm³/mol. The number of fused-ring (bicyclic) bond motifs is 1. The van der Waals surface area contributed by atoms with E-state index in [0.717, 1.165) is 24.8 Å². The first kappa shape index (κ1) is 25.2. The van der Waals surface area contributed by atoms with Gasteiger partial charge in [0.05, 0.1) is 22.7 Å². The fourth-order valence-corrected chi connectivity index (χ4v) is 5.13. The highest BCUT2D eigenvalue weighted by Crippen LogP contribution is 2.42. The lowest BCUT2D eigenvalue weighted by atomic mass is 10.1. The maximum absolute atomic E-state index is 14.0. The molecule has 1 aliphatic heterocycles. The molecule has 1 aromatic carbocycles. The summed E-state index contributed by atoms with van der Waals surface area (Å²) in [6, 6.07) is 6.89. The summed E-state index contributed by atoms with van der Waals surface area (Å²) in [5.74, 6) is 0.0581. The minimum atomic E-state index is -0.837. The molecule has 1 unspecified atom stereocenters. The van der Waals surface area contributed by atoms with E-state index < -0.39 is 12.1 Å². The van der Waals surface area contributed by atoms with Crippen LogP contribution in [0.5, 0.6) is 11.5 Å². The van der Waals surface area contributed by atoms with Gasteiger partial charge in [0.2, 0.25) is 5.95 Å². The van der Waals surface area contributed by atoms with E-state index in [1.165, 1.54) is 24.7 Å². The third kappa shape index (κ3) is 4.80. The Kier molecular flexibility index (Phi) is 7.15. The second-order valence-electron chi connectivity index (χ2n) is 8.59. The molecule has 8 nitrogen and oxygen atoms in total. The van der Waals surface area contributed by atoms with E-state index >= 15 is 0 Å². The van der Waals surface area contributed by atoms with Gasteiger partial charge in [-0.1, -0.05) is 23.2 Å². The average molecular weight is 542 g/mol. The molecule has 0 saturated carbocycles. The molecular weight excluding hydrogens is 520 g/mol. The fraction of sp³-hybridized carbons (Fsp3) is 0.308. The molecule has 0 N–H and O–H groups in total. The lowest BCUT2D eigenvalue weighted by Crippen LogP contribution is -2.19. The van der Waals surface area contributed by atoms with Crippen LogP contribution in [-0.4, -0.2) is 33.5 Å². The number of ether oxygens (including phenoxy) is 3. The minimum absolute atomic E-state index is 0.172. The monoisotopic (exact) mass is 541 g/mol. The molecule has 0 spiro atoms. The van der Waals surface area contributed by atoms with Crippen LogP contribution >= 0.6 is 23.2 Å². The number of methoxy groups -OCH3 is 1. The third-order valence-electron chi connectivity index (χ3n) is 6.25. The van der Waals surface area contributed by atoms with Gasteiger partial charge in [-0.3, -0.25) is 4.98 Å². The van der Waals surface area contributed by atoms with Gasteiger partial charge in [-0.15, -0.1) is 0 Å². The molecule has 1 fully saturated rings. The second kappa shape index (κ2) is 10.5. The molecule has 4 aromatic rings. The largest absolute Gasteiger partial charge is 0.493 e. The second-order valence-corrected chi connectivity index (χ2v) is 9.40. The Hall–Kier alpha value is -3.45. The predicted octanol–water partition coefficient (Wildman–Crippen LogP) is 6.66. The molecule has 1 aliphatic rings. The molecule has 1 saturated heterocycles. The molecular formula is C26H22Cl2FN5O3. The van der Waals surface area contributed by atoms with Crippen LogP contribution in [0.3, 0.4) is 0 Å². The van der Waals surface area contributed by atoms with Gasteiger partial charge in [0.15, 0.2) is 17.7 Å². The normalized spacial score (nSPS) is 16.4. The van der Waals surface area contributed by atoms with Crippen molar-refractivity contribution in [2.45, 2.75) is 38.5 Å². The summed E-state index contributed by atoms with van der Waals surface area (Å²) < 4.78 is 33.7. The first-order valence-corrected chi connectivity index (χ1v) is 12.4. The highest BCUT2D eigenvalue weighted by atomic mass is 35.5. The Morgan fingerprint density at radius 3 is 2.62 bits per heavy atom. The van der Waals surface area contributed by atoms with Crippen molar-refractivity contribution >= 4 is 34.1 Å². The number of benzene rings is 1. The molecule has 2 atom stereocenters.